The van der Waals surface area contributed by atoms with Gasteiger partial charge < -0.3 is 10.0 Å². The summed E-state index contributed by atoms with van der Waals surface area (Å²) in [6.45, 7) is 5.12. The molecule has 1 saturated carbocycles. The van der Waals surface area contributed by atoms with Gasteiger partial charge in [-0.3, -0.25) is 9.69 Å². The molecule has 0 spiro atoms. The Morgan fingerprint density at radius 1 is 1.35 bits per heavy atom. The number of aliphatic hydroxyl groups excluding tert-OH is 1. The summed E-state index contributed by atoms with van der Waals surface area (Å²) in [6, 6.07) is 0.303. The van der Waals surface area contributed by atoms with E-state index in [-0.39, 0.29) is 12.0 Å². The van der Waals surface area contributed by atoms with Gasteiger partial charge in [0.05, 0.1) is 17.3 Å². The van der Waals surface area contributed by atoms with Crippen LogP contribution in [0.1, 0.15) is 34.6 Å². The zero-order valence-corrected chi connectivity index (χ0v) is 12.6. The smallest absolute Gasteiger partial charge is 0.265 e. The molecule has 1 amide bonds. The van der Waals surface area contributed by atoms with Gasteiger partial charge in [0.2, 0.25) is 0 Å². The fourth-order valence-corrected chi connectivity index (χ4v) is 4.02. The Bertz CT molecular complexity index is 483. The molecule has 2 heterocycles. The molecule has 2 atom stereocenters. The second-order valence-corrected chi connectivity index (χ2v) is 6.52. The van der Waals surface area contributed by atoms with Crippen LogP contribution in [0.2, 0.25) is 0 Å². The summed E-state index contributed by atoms with van der Waals surface area (Å²) in [5.74, 6) is 0.108. The van der Waals surface area contributed by atoms with Gasteiger partial charge in [-0.15, -0.1) is 11.3 Å². The third-order valence-electron chi connectivity index (χ3n) is 4.45. The lowest BCUT2D eigenvalue weighted by Gasteiger charge is -2.39. The van der Waals surface area contributed by atoms with E-state index in [1.54, 1.807) is 5.51 Å². The van der Waals surface area contributed by atoms with Crippen molar-refractivity contribution in [3.63, 3.8) is 0 Å². The van der Waals surface area contributed by atoms with Crippen LogP contribution in [0.15, 0.2) is 5.51 Å². The van der Waals surface area contributed by atoms with Crippen molar-refractivity contribution in [2.75, 3.05) is 26.2 Å². The molecule has 20 heavy (non-hydrogen) atoms. The third kappa shape index (κ3) is 2.60. The zero-order valence-electron chi connectivity index (χ0n) is 11.8. The first-order valence-electron chi connectivity index (χ1n) is 7.28. The van der Waals surface area contributed by atoms with Crippen molar-refractivity contribution in [3.8, 4) is 0 Å². The highest BCUT2D eigenvalue weighted by atomic mass is 32.1. The maximum atomic E-state index is 12.4. The van der Waals surface area contributed by atoms with E-state index in [2.05, 4.69) is 9.88 Å². The number of aryl methyl sites for hydroxylation is 1. The average molecular weight is 295 g/mol. The lowest BCUT2D eigenvalue weighted by Crippen LogP contribution is -2.53. The highest BCUT2D eigenvalue weighted by molar-refractivity contribution is 7.11. The lowest BCUT2D eigenvalue weighted by atomic mass is 10.1. The van der Waals surface area contributed by atoms with E-state index in [1.165, 1.54) is 11.3 Å². The molecule has 5 nitrogen and oxygen atoms in total. The van der Waals surface area contributed by atoms with Crippen molar-refractivity contribution in [3.05, 3.63) is 16.1 Å². The number of rotatable bonds is 2. The largest absolute Gasteiger partial charge is 0.391 e. The van der Waals surface area contributed by atoms with Crippen LogP contribution in [-0.2, 0) is 0 Å². The average Bonchev–Trinajstić information content (AvgIpc) is 3.07. The highest BCUT2D eigenvalue weighted by Gasteiger charge is 2.33. The summed E-state index contributed by atoms with van der Waals surface area (Å²) in [7, 11) is 0. The van der Waals surface area contributed by atoms with E-state index < -0.39 is 0 Å². The van der Waals surface area contributed by atoms with Crippen LogP contribution in [0.3, 0.4) is 0 Å². The minimum Gasteiger partial charge on any atom is -0.391 e. The van der Waals surface area contributed by atoms with Crippen LogP contribution in [0.5, 0.6) is 0 Å². The molecule has 2 fully saturated rings. The second-order valence-electron chi connectivity index (χ2n) is 5.66. The summed E-state index contributed by atoms with van der Waals surface area (Å²) in [5, 5.41) is 9.97. The van der Waals surface area contributed by atoms with Crippen LogP contribution >= 0.6 is 11.3 Å². The van der Waals surface area contributed by atoms with Crippen LogP contribution in [0.4, 0.5) is 0 Å². The van der Waals surface area contributed by atoms with Gasteiger partial charge >= 0.3 is 0 Å². The van der Waals surface area contributed by atoms with Crippen LogP contribution in [0, 0.1) is 6.92 Å². The highest BCUT2D eigenvalue weighted by Crippen LogP contribution is 2.25. The number of nitrogens with zero attached hydrogens (tertiary/aromatic N) is 3. The van der Waals surface area contributed by atoms with Crippen LogP contribution in [-0.4, -0.2) is 64.1 Å². The minimum atomic E-state index is -0.180. The van der Waals surface area contributed by atoms with Crippen LogP contribution < -0.4 is 0 Å². The first kappa shape index (κ1) is 14.0. The molecule has 1 aromatic rings. The molecule has 1 aromatic heterocycles. The maximum absolute atomic E-state index is 12.4. The third-order valence-corrected chi connectivity index (χ3v) is 5.37. The van der Waals surface area contributed by atoms with E-state index in [0.717, 1.165) is 56.0 Å². The Hall–Kier alpha value is -0.980. The molecule has 0 aromatic carbocycles. The molecule has 1 saturated heterocycles. The molecule has 2 unspecified atom stereocenters. The quantitative estimate of drug-likeness (QED) is 0.888. The van der Waals surface area contributed by atoms with Gasteiger partial charge in [-0.2, -0.15) is 0 Å². The molecule has 110 valence electrons. The number of aromatic nitrogens is 1. The van der Waals surface area contributed by atoms with E-state index in [0.29, 0.717) is 6.04 Å². The van der Waals surface area contributed by atoms with Crippen molar-refractivity contribution in [1.82, 2.24) is 14.8 Å². The predicted molar refractivity (Wildman–Crippen MR) is 78.0 cm³/mol. The number of carbonyl (C=O) groups excluding carboxylic acids is 1. The van der Waals surface area contributed by atoms with Crippen molar-refractivity contribution in [2.24, 2.45) is 0 Å². The van der Waals surface area contributed by atoms with Gasteiger partial charge in [0.25, 0.3) is 5.91 Å². The number of piperazine rings is 1. The van der Waals surface area contributed by atoms with Gasteiger partial charge in [0.1, 0.15) is 4.88 Å². The number of aliphatic hydroxyl groups is 1. The maximum Gasteiger partial charge on any atom is 0.265 e. The molecule has 1 N–H and O–H groups in total. The molecule has 1 aliphatic carbocycles. The Morgan fingerprint density at radius 3 is 2.65 bits per heavy atom. The Labute approximate surface area is 123 Å². The fourth-order valence-electron chi connectivity index (χ4n) is 3.25. The Balaban J connectivity index is 1.58. The van der Waals surface area contributed by atoms with Gasteiger partial charge in [0.15, 0.2) is 0 Å². The van der Waals surface area contributed by atoms with E-state index >= 15 is 0 Å². The Kier molecular flexibility index (Phi) is 4.05. The number of hydrogen-bond donors (Lipinski definition) is 1. The number of hydrogen-bond acceptors (Lipinski definition) is 5. The zero-order chi connectivity index (χ0) is 14.1. The van der Waals surface area contributed by atoms with Crippen LogP contribution in [0.25, 0.3) is 0 Å². The lowest BCUT2D eigenvalue weighted by molar-refractivity contribution is 0.0317. The van der Waals surface area contributed by atoms with Gasteiger partial charge in [-0.25, -0.2) is 4.98 Å². The molecular weight excluding hydrogens is 274 g/mol. The van der Waals surface area contributed by atoms with E-state index in [4.69, 9.17) is 0 Å². The first-order valence-corrected chi connectivity index (χ1v) is 8.16. The molecule has 3 rings (SSSR count). The normalized spacial score (nSPS) is 28.0. The SMILES string of the molecule is Cc1ncsc1C(=O)N1CCN(C2CCCC2O)CC1. The molecule has 6 heteroatoms. The second kappa shape index (κ2) is 5.79. The summed E-state index contributed by atoms with van der Waals surface area (Å²) in [6.07, 6.45) is 2.94. The predicted octanol–water partition coefficient (Wildman–Crippen LogP) is 1.12. The van der Waals surface area contributed by atoms with Crippen molar-refractivity contribution in [1.29, 1.82) is 0 Å². The summed E-state index contributed by atoms with van der Waals surface area (Å²) >= 11 is 1.42. The van der Waals surface area contributed by atoms with Crippen molar-refractivity contribution >= 4 is 17.2 Å². The Morgan fingerprint density at radius 2 is 2.10 bits per heavy atom. The summed E-state index contributed by atoms with van der Waals surface area (Å²) < 4.78 is 0. The fraction of sp³-hybridized carbons (Fsp3) is 0.714. The molecule has 1 aliphatic heterocycles. The molecule has 0 bridgehead atoms. The number of amides is 1. The van der Waals surface area contributed by atoms with Gasteiger partial charge in [0, 0.05) is 32.2 Å². The van der Waals surface area contributed by atoms with Crippen molar-refractivity contribution in [2.45, 2.75) is 38.3 Å². The monoisotopic (exact) mass is 295 g/mol. The van der Waals surface area contributed by atoms with E-state index in [1.807, 2.05) is 11.8 Å². The molecule has 0 radical (unpaired) electrons. The number of thiazole rings is 1. The molecular formula is C14H21N3O2S. The number of carbonyl (C=O) groups is 1. The summed E-state index contributed by atoms with van der Waals surface area (Å²) in [4.78, 5) is 21.6. The summed E-state index contributed by atoms with van der Waals surface area (Å²) in [5.41, 5.74) is 2.56. The topological polar surface area (TPSA) is 56.7 Å². The minimum absolute atomic E-state index is 0.108. The van der Waals surface area contributed by atoms with Gasteiger partial charge in [-0.05, 0) is 26.2 Å². The van der Waals surface area contributed by atoms with Gasteiger partial charge in [-0.1, -0.05) is 0 Å². The van der Waals surface area contributed by atoms with E-state index in [9.17, 15) is 9.90 Å². The van der Waals surface area contributed by atoms with Crippen molar-refractivity contribution < 1.29 is 9.90 Å². The molecule has 2 aliphatic rings. The first-order chi connectivity index (χ1) is 9.66. The standard InChI is InChI=1S/C14H21N3O2S/c1-10-13(20-9-15-10)14(19)17-7-5-16(6-8-17)11-3-2-4-12(11)18/h9,11-12,18H,2-8H2,1H3.